The number of methoxy groups -OCH3 is 1. The third kappa shape index (κ3) is 3.17. The number of aromatic nitrogens is 2. The van der Waals surface area contributed by atoms with Gasteiger partial charge in [0, 0.05) is 43.6 Å². The van der Waals surface area contributed by atoms with Gasteiger partial charge in [-0.15, -0.1) is 0 Å². The van der Waals surface area contributed by atoms with Crippen molar-refractivity contribution in [3.8, 4) is 11.6 Å². The van der Waals surface area contributed by atoms with Crippen molar-refractivity contribution in [1.29, 1.82) is 0 Å². The molecule has 29 heavy (non-hydrogen) atoms. The Morgan fingerprint density at radius 3 is 2.72 bits per heavy atom. The van der Waals surface area contributed by atoms with Crippen molar-refractivity contribution in [3.63, 3.8) is 0 Å². The van der Waals surface area contributed by atoms with Gasteiger partial charge in [0.05, 0.1) is 18.0 Å². The number of hydrogen-bond donors (Lipinski definition) is 3. The SMILES string of the molecule is COc1ccccc1[C@@H]1CNC[C@H]1c1nc(O)c2cc(C3C=NNC3)ccc2n1. The molecule has 0 aliphatic carbocycles. The monoisotopic (exact) mass is 389 g/mol. The largest absolute Gasteiger partial charge is 0.496 e. The van der Waals surface area contributed by atoms with E-state index in [1.807, 2.05) is 42.6 Å². The third-order valence-corrected chi connectivity index (χ3v) is 5.89. The highest BCUT2D eigenvalue weighted by atomic mass is 16.5. The Hall–Kier alpha value is -3.19. The number of hydrazone groups is 1. The average molecular weight is 389 g/mol. The number of hydrogen-bond acceptors (Lipinski definition) is 7. The van der Waals surface area contributed by atoms with Crippen LogP contribution in [-0.2, 0) is 0 Å². The lowest BCUT2D eigenvalue weighted by atomic mass is 9.87. The van der Waals surface area contributed by atoms with Crippen LogP contribution in [0.4, 0.5) is 0 Å². The Morgan fingerprint density at radius 1 is 1.03 bits per heavy atom. The molecule has 3 aromatic rings. The minimum absolute atomic E-state index is 0.0282. The number of nitrogens with one attached hydrogen (secondary N) is 2. The molecule has 1 fully saturated rings. The summed E-state index contributed by atoms with van der Waals surface area (Å²) in [6.07, 6.45) is 1.88. The van der Waals surface area contributed by atoms with Crippen LogP contribution in [0.5, 0.6) is 11.6 Å². The molecule has 0 radical (unpaired) electrons. The van der Waals surface area contributed by atoms with Gasteiger partial charge >= 0.3 is 0 Å². The molecule has 3 heterocycles. The van der Waals surface area contributed by atoms with Gasteiger partial charge in [-0.25, -0.2) is 4.98 Å². The van der Waals surface area contributed by atoms with Gasteiger partial charge in [0.25, 0.3) is 0 Å². The highest BCUT2D eigenvalue weighted by Crippen LogP contribution is 2.39. The van der Waals surface area contributed by atoms with Crippen molar-refractivity contribution in [2.24, 2.45) is 5.10 Å². The van der Waals surface area contributed by atoms with Crippen LogP contribution in [0.1, 0.15) is 34.7 Å². The van der Waals surface area contributed by atoms with E-state index in [1.165, 1.54) is 0 Å². The van der Waals surface area contributed by atoms with Gasteiger partial charge in [0.2, 0.25) is 5.88 Å². The minimum atomic E-state index is 0.0282. The molecule has 2 aliphatic heterocycles. The zero-order valence-electron chi connectivity index (χ0n) is 16.2. The summed E-state index contributed by atoms with van der Waals surface area (Å²) >= 11 is 0. The van der Waals surface area contributed by atoms with Crippen LogP contribution in [0.2, 0.25) is 0 Å². The number of ether oxygens (including phenoxy) is 1. The van der Waals surface area contributed by atoms with E-state index in [9.17, 15) is 5.11 Å². The first-order chi connectivity index (χ1) is 14.2. The maximum absolute atomic E-state index is 10.7. The van der Waals surface area contributed by atoms with Gasteiger partial charge in [-0.05, 0) is 29.3 Å². The second kappa shape index (κ2) is 7.33. The summed E-state index contributed by atoms with van der Waals surface area (Å²) in [5, 5.41) is 18.9. The standard InChI is InChI=1S/C22H23N5O2/c1-29-20-5-3-2-4-15(20)17-11-23-12-18(17)21-26-19-7-6-13(14-9-24-25-10-14)8-16(19)22(28)27-21/h2-9,14,17-18,23,25H,10-12H2,1H3,(H,26,27,28)/t14?,17-,18+/m0/s1. The fourth-order valence-electron chi connectivity index (χ4n) is 4.34. The number of aromatic hydroxyl groups is 1. The molecule has 7 heteroatoms. The molecule has 148 valence electrons. The molecule has 0 spiro atoms. The fourth-order valence-corrected chi connectivity index (χ4v) is 4.34. The van der Waals surface area contributed by atoms with Crippen molar-refractivity contribution in [2.45, 2.75) is 17.8 Å². The molecular formula is C22H23N5O2. The fraction of sp³-hybridized carbons (Fsp3) is 0.318. The number of benzene rings is 2. The smallest absolute Gasteiger partial charge is 0.222 e. The highest BCUT2D eigenvalue weighted by molar-refractivity contribution is 5.85. The zero-order valence-corrected chi connectivity index (χ0v) is 16.2. The van der Waals surface area contributed by atoms with Crippen molar-refractivity contribution in [2.75, 3.05) is 26.7 Å². The summed E-state index contributed by atoms with van der Waals surface area (Å²) in [5.41, 5.74) is 5.95. The molecule has 5 rings (SSSR count). The van der Waals surface area contributed by atoms with Gasteiger partial charge in [-0.2, -0.15) is 10.1 Å². The van der Waals surface area contributed by atoms with Crippen molar-refractivity contribution in [3.05, 3.63) is 59.4 Å². The molecule has 1 unspecified atom stereocenters. The molecule has 0 bridgehead atoms. The summed E-state index contributed by atoms with van der Waals surface area (Å²) in [7, 11) is 1.69. The molecule has 3 N–H and O–H groups in total. The van der Waals surface area contributed by atoms with E-state index >= 15 is 0 Å². The van der Waals surface area contributed by atoms with Gasteiger partial charge < -0.3 is 20.6 Å². The van der Waals surface area contributed by atoms with Crippen LogP contribution >= 0.6 is 0 Å². The maximum Gasteiger partial charge on any atom is 0.222 e. The lowest BCUT2D eigenvalue weighted by molar-refractivity contribution is 0.403. The minimum Gasteiger partial charge on any atom is -0.496 e. The second-order valence-corrected chi connectivity index (χ2v) is 7.54. The predicted molar refractivity (Wildman–Crippen MR) is 112 cm³/mol. The molecule has 0 saturated carbocycles. The second-order valence-electron chi connectivity index (χ2n) is 7.54. The van der Waals surface area contributed by atoms with E-state index in [2.05, 4.69) is 26.9 Å². The van der Waals surface area contributed by atoms with Crippen molar-refractivity contribution in [1.82, 2.24) is 20.7 Å². The van der Waals surface area contributed by atoms with Gasteiger partial charge in [0.1, 0.15) is 11.6 Å². The number of nitrogens with zero attached hydrogens (tertiary/aromatic N) is 3. The van der Waals surface area contributed by atoms with E-state index in [4.69, 9.17) is 9.72 Å². The predicted octanol–water partition coefficient (Wildman–Crippen LogP) is 2.49. The van der Waals surface area contributed by atoms with E-state index in [-0.39, 0.29) is 23.6 Å². The molecule has 7 nitrogen and oxygen atoms in total. The Labute approximate surface area is 168 Å². The molecular weight excluding hydrogens is 366 g/mol. The molecule has 0 amide bonds. The molecule has 1 saturated heterocycles. The van der Waals surface area contributed by atoms with E-state index < -0.39 is 0 Å². The van der Waals surface area contributed by atoms with Crippen molar-refractivity contribution < 1.29 is 9.84 Å². The first kappa shape index (κ1) is 17.9. The van der Waals surface area contributed by atoms with Crippen LogP contribution < -0.4 is 15.5 Å². The lowest BCUT2D eigenvalue weighted by Crippen LogP contribution is -2.14. The summed E-state index contributed by atoms with van der Waals surface area (Å²) in [6, 6.07) is 14.0. The van der Waals surface area contributed by atoms with E-state index in [1.54, 1.807) is 7.11 Å². The summed E-state index contributed by atoms with van der Waals surface area (Å²) in [6.45, 7) is 2.34. The van der Waals surface area contributed by atoms with E-state index in [0.717, 1.165) is 42.0 Å². The van der Waals surface area contributed by atoms with Gasteiger partial charge in [-0.3, -0.25) is 0 Å². The molecule has 2 aromatic carbocycles. The summed E-state index contributed by atoms with van der Waals surface area (Å²) in [4.78, 5) is 9.31. The summed E-state index contributed by atoms with van der Waals surface area (Å²) in [5.74, 6) is 2.00. The topological polar surface area (TPSA) is 91.7 Å². The van der Waals surface area contributed by atoms with Crippen molar-refractivity contribution >= 4 is 17.1 Å². The maximum atomic E-state index is 10.7. The number of para-hydroxylation sites is 1. The van der Waals surface area contributed by atoms with Gasteiger partial charge in [0.15, 0.2) is 0 Å². The quantitative estimate of drug-likeness (QED) is 0.635. The normalized spacial score (nSPS) is 23.4. The molecule has 1 aromatic heterocycles. The van der Waals surface area contributed by atoms with Crippen LogP contribution in [0.15, 0.2) is 47.6 Å². The summed E-state index contributed by atoms with van der Waals surface area (Å²) < 4.78 is 5.56. The molecule has 2 aliphatic rings. The third-order valence-electron chi connectivity index (χ3n) is 5.89. The van der Waals surface area contributed by atoms with Gasteiger partial charge in [-0.1, -0.05) is 24.3 Å². The first-order valence-electron chi connectivity index (χ1n) is 9.85. The van der Waals surface area contributed by atoms with E-state index in [0.29, 0.717) is 11.2 Å². The number of fused-ring (bicyclic) bond motifs is 1. The lowest BCUT2D eigenvalue weighted by Gasteiger charge is -2.20. The Balaban J connectivity index is 1.52. The van der Waals surface area contributed by atoms with Crippen LogP contribution in [-0.4, -0.2) is 48.0 Å². The zero-order chi connectivity index (χ0) is 19.8. The first-order valence-corrected chi connectivity index (χ1v) is 9.85. The van der Waals surface area contributed by atoms with Crippen LogP contribution in [0, 0.1) is 0 Å². The van der Waals surface area contributed by atoms with Crippen LogP contribution in [0.25, 0.3) is 10.9 Å². The molecule has 3 atom stereocenters. The highest BCUT2D eigenvalue weighted by Gasteiger charge is 2.34. The van der Waals surface area contributed by atoms with Crippen LogP contribution in [0.3, 0.4) is 0 Å². The number of rotatable bonds is 4. The Morgan fingerprint density at radius 2 is 1.90 bits per heavy atom. The Kier molecular flexibility index (Phi) is 4.52. The Bertz CT molecular complexity index is 1080. The average Bonchev–Trinajstić information content (AvgIpc) is 3.45.